The van der Waals surface area contributed by atoms with Crippen molar-refractivity contribution < 1.29 is 18.3 Å². The van der Waals surface area contributed by atoms with Crippen molar-refractivity contribution in [2.24, 2.45) is 5.92 Å². The summed E-state index contributed by atoms with van der Waals surface area (Å²) in [5, 5.41) is 3.28. The molecule has 8 heteroatoms. The van der Waals surface area contributed by atoms with Gasteiger partial charge < -0.3 is 15.0 Å². The number of hydrogen-bond acceptors (Lipinski definition) is 5. The Bertz CT molecular complexity index is 986. The first-order valence-electron chi connectivity index (χ1n) is 7.99. The summed E-state index contributed by atoms with van der Waals surface area (Å²) in [6.07, 6.45) is 0. The largest absolute Gasteiger partial charge is 0.497 e. The monoisotopic (exact) mass is 375 g/mol. The van der Waals surface area contributed by atoms with Gasteiger partial charge in [-0.05, 0) is 24.3 Å². The lowest BCUT2D eigenvalue weighted by Gasteiger charge is -2.37. The smallest absolute Gasteiger partial charge is 0.231 e. The molecule has 5 nitrogen and oxygen atoms in total. The Labute approximate surface area is 152 Å². The van der Waals surface area contributed by atoms with Crippen LogP contribution in [-0.4, -0.2) is 31.1 Å². The van der Waals surface area contributed by atoms with Gasteiger partial charge >= 0.3 is 0 Å². The number of rotatable bonds is 4. The normalized spacial score (nSPS) is 14.3. The summed E-state index contributed by atoms with van der Waals surface area (Å²) >= 11 is 1.54. The first kappa shape index (κ1) is 16.7. The molecular formula is C18H15F2N3O2S. The Morgan fingerprint density at radius 1 is 1.27 bits per heavy atom. The van der Waals surface area contributed by atoms with Crippen molar-refractivity contribution in [1.82, 2.24) is 4.98 Å². The van der Waals surface area contributed by atoms with Gasteiger partial charge in [0, 0.05) is 25.2 Å². The highest BCUT2D eigenvalue weighted by molar-refractivity contribution is 7.22. The number of fused-ring (bicyclic) bond motifs is 1. The number of ether oxygens (including phenoxy) is 1. The van der Waals surface area contributed by atoms with Gasteiger partial charge in [0.15, 0.2) is 5.13 Å². The van der Waals surface area contributed by atoms with E-state index in [2.05, 4.69) is 10.3 Å². The number of hydrogen-bond donors (Lipinski definition) is 1. The van der Waals surface area contributed by atoms with Crippen LogP contribution >= 0.6 is 11.3 Å². The van der Waals surface area contributed by atoms with Crippen LogP contribution in [0.4, 0.5) is 19.6 Å². The predicted molar refractivity (Wildman–Crippen MR) is 96.9 cm³/mol. The number of carbonyl (C=O) groups excluding carboxylic acids is 1. The highest BCUT2D eigenvalue weighted by Gasteiger charge is 2.34. The molecule has 1 aliphatic heterocycles. The Balaban J connectivity index is 1.41. The fourth-order valence-electron chi connectivity index (χ4n) is 2.79. The third kappa shape index (κ3) is 3.08. The van der Waals surface area contributed by atoms with Gasteiger partial charge in [-0.25, -0.2) is 13.8 Å². The number of anilines is 2. The number of amides is 1. The van der Waals surface area contributed by atoms with E-state index in [4.69, 9.17) is 4.74 Å². The van der Waals surface area contributed by atoms with E-state index in [-0.39, 0.29) is 17.5 Å². The van der Waals surface area contributed by atoms with E-state index in [9.17, 15) is 13.6 Å². The first-order valence-corrected chi connectivity index (χ1v) is 8.80. The highest BCUT2D eigenvalue weighted by Crippen LogP contribution is 2.34. The van der Waals surface area contributed by atoms with Crippen LogP contribution in [0.3, 0.4) is 0 Å². The van der Waals surface area contributed by atoms with E-state index < -0.39 is 11.6 Å². The third-order valence-electron chi connectivity index (χ3n) is 4.29. The standard InChI is InChI=1S/C18H15F2N3O2S/c1-25-12-3-5-16-15(7-12)22-18(26-16)23-8-10(9-23)17(24)21-14-6-11(19)2-4-13(14)20/h2-7,10H,8-9H2,1H3,(H,21,24). The Kier molecular flexibility index (Phi) is 4.20. The molecule has 0 bridgehead atoms. The predicted octanol–water partition coefficient (Wildman–Crippen LogP) is 3.66. The van der Waals surface area contributed by atoms with Crippen molar-refractivity contribution in [1.29, 1.82) is 0 Å². The molecule has 0 spiro atoms. The molecule has 2 aromatic carbocycles. The molecule has 2 heterocycles. The van der Waals surface area contributed by atoms with Gasteiger partial charge in [0.05, 0.1) is 28.9 Å². The van der Waals surface area contributed by atoms with Crippen molar-refractivity contribution in [3.05, 3.63) is 48.0 Å². The van der Waals surface area contributed by atoms with Crippen molar-refractivity contribution >= 4 is 38.3 Å². The minimum atomic E-state index is -0.656. The van der Waals surface area contributed by atoms with Crippen molar-refractivity contribution in [2.75, 3.05) is 30.4 Å². The molecule has 4 rings (SSSR count). The van der Waals surface area contributed by atoms with Crippen LogP contribution in [0.15, 0.2) is 36.4 Å². The number of nitrogens with one attached hydrogen (secondary N) is 1. The summed E-state index contributed by atoms with van der Waals surface area (Å²) in [6.45, 7) is 0.972. The first-order chi connectivity index (χ1) is 12.5. The Hall–Kier alpha value is -2.74. The van der Waals surface area contributed by atoms with Crippen molar-refractivity contribution in [3.63, 3.8) is 0 Å². The minimum absolute atomic E-state index is 0.138. The van der Waals surface area contributed by atoms with Crippen LogP contribution in [0.1, 0.15) is 0 Å². The second-order valence-electron chi connectivity index (χ2n) is 6.05. The van der Waals surface area contributed by atoms with Crippen molar-refractivity contribution in [3.8, 4) is 5.75 Å². The summed E-state index contributed by atoms with van der Waals surface area (Å²) in [6, 6.07) is 8.68. The van der Waals surface area contributed by atoms with Crippen LogP contribution in [0.5, 0.6) is 5.75 Å². The van der Waals surface area contributed by atoms with Crippen LogP contribution in [0.25, 0.3) is 10.2 Å². The quantitative estimate of drug-likeness (QED) is 0.756. The lowest BCUT2D eigenvalue weighted by molar-refractivity contribution is -0.120. The minimum Gasteiger partial charge on any atom is -0.497 e. The third-order valence-corrected chi connectivity index (χ3v) is 5.39. The maximum Gasteiger partial charge on any atom is 0.231 e. The average Bonchev–Trinajstić information content (AvgIpc) is 2.99. The summed E-state index contributed by atoms with van der Waals surface area (Å²) in [4.78, 5) is 18.8. The van der Waals surface area contributed by atoms with E-state index in [0.717, 1.165) is 39.3 Å². The van der Waals surface area contributed by atoms with Gasteiger partial charge in [0.1, 0.15) is 17.4 Å². The van der Waals surface area contributed by atoms with Crippen molar-refractivity contribution in [2.45, 2.75) is 0 Å². The lowest BCUT2D eigenvalue weighted by atomic mass is 10.00. The molecule has 0 unspecified atom stereocenters. The molecular weight excluding hydrogens is 360 g/mol. The molecule has 0 saturated carbocycles. The van der Waals surface area contributed by atoms with Gasteiger partial charge in [0.25, 0.3) is 0 Å². The second kappa shape index (κ2) is 6.53. The molecule has 134 valence electrons. The zero-order chi connectivity index (χ0) is 18.3. The van der Waals surface area contributed by atoms with Gasteiger partial charge in [-0.2, -0.15) is 0 Å². The van der Waals surface area contributed by atoms with Crippen LogP contribution in [-0.2, 0) is 4.79 Å². The molecule has 1 fully saturated rings. The van der Waals surface area contributed by atoms with Crippen LogP contribution < -0.4 is 15.0 Å². The maximum atomic E-state index is 13.6. The van der Waals surface area contributed by atoms with E-state index in [0.29, 0.717) is 13.1 Å². The lowest BCUT2D eigenvalue weighted by Crippen LogP contribution is -2.52. The number of methoxy groups -OCH3 is 1. The van der Waals surface area contributed by atoms with Gasteiger partial charge in [-0.3, -0.25) is 4.79 Å². The van der Waals surface area contributed by atoms with Crippen LogP contribution in [0.2, 0.25) is 0 Å². The number of thiazole rings is 1. The molecule has 0 atom stereocenters. The van der Waals surface area contributed by atoms with E-state index in [1.54, 1.807) is 18.4 Å². The number of carbonyl (C=O) groups is 1. The molecule has 1 saturated heterocycles. The summed E-state index contributed by atoms with van der Waals surface area (Å²) in [5.74, 6) is -1.13. The maximum absolute atomic E-state index is 13.6. The van der Waals surface area contributed by atoms with E-state index in [1.807, 2.05) is 23.1 Å². The molecule has 0 radical (unpaired) electrons. The second-order valence-corrected chi connectivity index (χ2v) is 7.05. The molecule has 1 N–H and O–H groups in total. The summed E-state index contributed by atoms with van der Waals surface area (Å²) in [5.41, 5.74) is 0.708. The van der Waals surface area contributed by atoms with Gasteiger partial charge in [-0.1, -0.05) is 11.3 Å². The Morgan fingerprint density at radius 2 is 2.08 bits per heavy atom. The molecule has 1 aliphatic rings. The van der Waals surface area contributed by atoms with E-state index >= 15 is 0 Å². The van der Waals surface area contributed by atoms with E-state index in [1.165, 1.54) is 0 Å². The number of benzene rings is 2. The van der Waals surface area contributed by atoms with Gasteiger partial charge in [0.2, 0.25) is 5.91 Å². The fraction of sp³-hybridized carbons (Fsp3) is 0.222. The number of aromatic nitrogens is 1. The molecule has 0 aliphatic carbocycles. The van der Waals surface area contributed by atoms with Crippen LogP contribution in [0, 0.1) is 17.6 Å². The zero-order valence-corrected chi connectivity index (χ0v) is 14.6. The topological polar surface area (TPSA) is 54.5 Å². The molecule has 1 amide bonds. The number of halogens is 2. The zero-order valence-electron chi connectivity index (χ0n) is 13.8. The fourth-order valence-corrected chi connectivity index (χ4v) is 3.75. The summed E-state index contributed by atoms with van der Waals surface area (Å²) < 4.78 is 33.1. The molecule has 3 aromatic rings. The number of nitrogens with zero attached hydrogens (tertiary/aromatic N) is 2. The molecule has 26 heavy (non-hydrogen) atoms. The average molecular weight is 375 g/mol. The molecule has 1 aromatic heterocycles. The summed E-state index contributed by atoms with van der Waals surface area (Å²) in [7, 11) is 1.61. The van der Waals surface area contributed by atoms with Gasteiger partial charge in [-0.15, -0.1) is 0 Å². The SMILES string of the molecule is COc1ccc2sc(N3CC(C(=O)Nc4cc(F)ccc4F)C3)nc2c1. The Morgan fingerprint density at radius 3 is 2.85 bits per heavy atom. The highest BCUT2D eigenvalue weighted by atomic mass is 32.1.